The molecule has 2 N–H and O–H groups in total. The number of H-pyrrole nitrogens is 1. The second-order valence-corrected chi connectivity index (χ2v) is 7.53. The van der Waals surface area contributed by atoms with Gasteiger partial charge in [0.25, 0.3) is 5.91 Å². The van der Waals surface area contributed by atoms with E-state index in [0.29, 0.717) is 12.1 Å². The molecule has 4 nitrogen and oxygen atoms in total. The molecule has 0 bridgehead atoms. The van der Waals surface area contributed by atoms with E-state index in [-0.39, 0.29) is 5.91 Å². The number of aryl methyl sites for hydroxylation is 3. The number of benzene rings is 2. The quantitative estimate of drug-likeness (QED) is 0.499. The van der Waals surface area contributed by atoms with Crippen molar-refractivity contribution >= 4 is 17.7 Å². The van der Waals surface area contributed by atoms with E-state index in [1.807, 2.05) is 32.2 Å². The van der Waals surface area contributed by atoms with Crippen LogP contribution in [0.3, 0.4) is 0 Å². The molecular weight excluding hydrogens is 342 g/mol. The van der Waals surface area contributed by atoms with E-state index < -0.39 is 0 Å². The van der Waals surface area contributed by atoms with Crippen LogP contribution < -0.4 is 5.32 Å². The lowest BCUT2D eigenvalue weighted by atomic mass is 10.1. The summed E-state index contributed by atoms with van der Waals surface area (Å²) in [6, 6.07) is 14.2. The molecule has 5 heteroatoms. The number of hydrogen-bond acceptors (Lipinski definition) is 3. The molecule has 3 rings (SSSR count). The maximum Gasteiger partial charge on any atom is 0.251 e. The van der Waals surface area contributed by atoms with Gasteiger partial charge in [-0.25, -0.2) is 4.98 Å². The number of imidazole rings is 1. The Hall–Kier alpha value is -2.53. The Morgan fingerprint density at radius 2 is 1.73 bits per heavy atom. The molecular formula is C21H23N3OS. The predicted octanol–water partition coefficient (Wildman–Crippen LogP) is 4.52. The van der Waals surface area contributed by atoms with Crippen molar-refractivity contribution in [1.29, 1.82) is 0 Å². The number of hydrogen-bond donors (Lipinski definition) is 2. The number of nitrogens with zero attached hydrogens (tertiary/aromatic N) is 1. The summed E-state index contributed by atoms with van der Waals surface area (Å²) < 4.78 is 0. The van der Waals surface area contributed by atoms with E-state index >= 15 is 0 Å². The molecule has 0 radical (unpaired) electrons. The first-order valence-corrected chi connectivity index (χ1v) is 9.61. The normalized spacial score (nSPS) is 10.7. The third-order valence-electron chi connectivity index (χ3n) is 4.03. The zero-order chi connectivity index (χ0) is 18.5. The number of aromatic nitrogens is 2. The summed E-state index contributed by atoms with van der Waals surface area (Å²) in [5.74, 6) is 0.731. The van der Waals surface area contributed by atoms with Gasteiger partial charge < -0.3 is 10.3 Å². The van der Waals surface area contributed by atoms with Gasteiger partial charge in [0.1, 0.15) is 0 Å². The van der Waals surface area contributed by atoms with Gasteiger partial charge in [-0.2, -0.15) is 0 Å². The zero-order valence-electron chi connectivity index (χ0n) is 15.3. The van der Waals surface area contributed by atoms with E-state index in [4.69, 9.17) is 0 Å². The molecule has 0 saturated heterocycles. The smallest absolute Gasteiger partial charge is 0.251 e. The molecule has 0 aliphatic heterocycles. The first-order chi connectivity index (χ1) is 12.5. The minimum Gasteiger partial charge on any atom is -0.351 e. The van der Waals surface area contributed by atoms with E-state index in [0.717, 1.165) is 33.3 Å². The third kappa shape index (κ3) is 4.76. The molecule has 0 unspecified atom stereocenters. The van der Waals surface area contributed by atoms with E-state index in [2.05, 4.69) is 52.5 Å². The monoisotopic (exact) mass is 365 g/mol. The predicted molar refractivity (Wildman–Crippen MR) is 108 cm³/mol. The van der Waals surface area contributed by atoms with Gasteiger partial charge in [-0.05, 0) is 38.5 Å². The minimum atomic E-state index is -0.0304. The van der Waals surface area contributed by atoms with Crippen LogP contribution >= 0.6 is 11.8 Å². The van der Waals surface area contributed by atoms with Crippen LogP contribution in [0.4, 0.5) is 0 Å². The molecule has 0 aliphatic rings. The van der Waals surface area contributed by atoms with Crippen molar-refractivity contribution in [2.45, 2.75) is 25.9 Å². The van der Waals surface area contributed by atoms with Gasteiger partial charge >= 0.3 is 0 Å². The Balaban J connectivity index is 1.49. The highest BCUT2D eigenvalue weighted by Gasteiger charge is 2.07. The summed E-state index contributed by atoms with van der Waals surface area (Å²) in [5.41, 5.74) is 6.28. The average Bonchev–Trinajstić information content (AvgIpc) is 3.07. The summed E-state index contributed by atoms with van der Waals surface area (Å²) in [4.78, 5) is 20.0. The molecule has 0 fully saturated rings. The van der Waals surface area contributed by atoms with Crippen molar-refractivity contribution < 1.29 is 4.79 Å². The SMILES string of the molecule is Cc1ccc(-c2cnc(SCCNC(=O)c3cc(C)cc(C)c3)[nH]2)cc1. The van der Waals surface area contributed by atoms with Crippen LogP contribution in [0.25, 0.3) is 11.3 Å². The number of rotatable bonds is 6. The second-order valence-electron chi connectivity index (χ2n) is 6.45. The molecule has 1 aromatic heterocycles. The molecule has 0 aliphatic carbocycles. The Morgan fingerprint density at radius 3 is 2.42 bits per heavy atom. The first kappa shape index (κ1) is 18.3. The highest BCUT2D eigenvalue weighted by molar-refractivity contribution is 7.99. The van der Waals surface area contributed by atoms with E-state index in [1.165, 1.54) is 5.56 Å². The summed E-state index contributed by atoms with van der Waals surface area (Å²) in [7, 11) is 0. The van der Waals surface area contributed by atoms with Crippen LogP contribution in [0.5, 0.6) is 0 Å². The number of thioether (sulfide) groups is 1. The number of carbonyl (C=O) groups excluding carboxylic acids is 1. The number of amides is 1. The van der Waals surface area contributed by atoms with Crippen LogP contribution in [0.2, 0.25) is 0 Å². The lowest BCUT2D eigenvalue weighted by molar-refractivity contribution is 0.0956. The number of nitrogens with one attached hydrogen (secondary N) is 2. The molecule has 0 atom stereocenters. The Kier molecular flexibility index (Phi) is 5.78. The maximum atomic E-state index is 12.2. The molecule has 3 aromatic rings. The molecule has 1 heterocycles. The lowest BCUT2D eigenvalue weighted by Crippen LogP contribution is -2.25. The van der Waals surface area contributed by atoms with Crippen molar-refractivity contribution in [2.24, 2.45) is 0 Å². The topological polar surface area (TPSA) is 57.8 Å². The van der Waals surface area contributed by atoms with Gasteiger partial charge in [-0.3, -0.25) is 4.79 Å². The largest absolute Gasteiger partial charge is 0.351 e. The van der Waals surface area contributed by atoms with Crippen LogP contribution in [0.1, 0.15) is 27.0 Å². The zero-order valence-corrected chi connectivity index (χ0v) is 16.1. The fraction of sp³-hybridized carbons (Fsp3) is 0.238. The van der Waals surface area contributed by atoms with Crippen LogP contribution in [0.15, 0.2) is 53.8 Å². The summed E-state index contributed by atoms with van der Waals surface area (Å²) in [6.45, 7) is 6.67. The van der Waals surface area contributed by atoms with Gasteiger partial charge in [0.15, 0.2) is 5.16 Å². The Labute approximate surface area is 158 Å². The standard InChI is InChI=1S/C21H23N3OS/c1-14-4-6-17(7-5-14)19-13-23-21(24-19)26-9-8-22-20(25)18-11-15(2)10-16(3)12-18/h4-7,10-13H,8-9H2,1-3H3,(H,22,25)(H,23,24). The fourth-order valence-corrected chi connectivity index (χ4v) is 3.48. The van der Waals surface area contributed by atoms with Crippen LogP contribution in [-0.2, 0) is 0 Å². The summed E-state index contributed by atoms with van der Waals surface area (Å²) >= 11 is 1.60. The molecule has 0 spiro atoms. The number of aromatic amines is 1. The molecule has 1 amide bonds. The van der Waals surface area contributed by atoms with Crippen molar-refractivity contribution in [2.75, 3.05) is 12.3 Å². The molecule has 26 heavy (non-hydrogen) atoms. The average molecular weight is 366 g/mol. The highest BCUT2D eigenvalue weighted by atomic mass is 32.2. The van der Waals surface area contributed by atoms with E-state index in [9.17, 15) is 4.79 Å². The van der Waals surface area contributed by atoms with Gasteiger partial charge in [0, 0.05) is 17.9 Å². The van der Waals surface area contributed by atoms with Crippen LogP contribution in [0, 0.1) is 20.8 Å². The second kappa shape index (κ2) is 8.23. The Bertz CT molecular complexity index is 880. The number of carbonyl (C=O) groups is 1. The van der Waals surface area contributed by atoms with Gasteiger partial charge in [0.2, 0.25) is 0 Å². The Morgan fingerprint density at radius 1 is 1.04 bits per heavy atom. The molecule has 2 aromatic carbocycles. The van der Waals surface area contributed by atoms with Gasteiger partial charge in [0.05, 0.1) is 11.9 Å². The van der Waals surface area contributed by atoms with Crippen molar-refractivity contribution in [3.05, 3.63) is 70.9 Å². The summed E-state index contributed by atoms with van der Waals surface area (Å²) in [6.07, 6.45) is 1.85. The van der Waals surface area contributed by atoms with E-state index in [1.54, 1.807) is 11.8 Å². The van der Waals surface area contributed by atoms with Crippen molar-refractivity contribution in [3.8, 4) is 11.3 Å². The minimum absolute atomic E-state index is 0.0304. The summed E-state index contributed by atoms with van der Waals surface area (Å²) in [5, 5.41) is 3.83. The van der Waals surface area contributed by atoms with Gasteiger partial charge in [-0.15, -0.1) is 0 Å². The van der Waals surface area contributed by atoms with Crippen molar-refractivity contribution in [1.82, 2.24) is 15.3 Å². The molecule has 134 valence electrons. The third-order valence-corrected chi connectivity index (χ3v) is 4.91. The lowest BCUT2D eigenvalue weighted by Gasteiger charge is -2.06. The van der Waals surface area contributed by atoms with Gasteiger partial charge in [-0.1, -0.05) is 58.8 Å². The van der Waals surface area contributed by atoms with Crippen molar-refractivity contribution in [3.63, 3.8) is 0 Å². The van der Waals surface area contributed by atoms with Crippen LogP contribution in [-0.4, -0.2) is 28.2 Å². The molecule has 0 saturated carbocycles. The highest BCUT2D eigenvalue weighted by Crippen LogP contribution is 2.21. The fourth-order valence-electron chi connectivity index (χ4n) is 2.78. The first-order valence-electron chi connectivity index (χ1n) is 8.62. The maximum absolute atomic E-state index is 12.2.